The minimum Gasteiger partial charge on any atom is -0.369 e. The molecule has 2 aromatic heterocycles. The summed E-state index contributed by atoms with van der Waals surface area (Å²) in [7, 11) is 0. The van der Waals surface area contributed by atoms with Crippen molar-refractivity contribution < 1.29 is 0 Å². The molecule has 1 saturated carbocycles. The molecule has 0 radical (unpaired) electrons. The number of anilines is 2. The lowest BCUT2D eigenvalue weighted by molar-refractivity contribution is 0.333. The zero-order valence-corrected chi connectivity index (χ0v) is 10.7. The van der Waals surface area contributed by atoms with Gasteiger partial charge in [-0.1, -0.05) is 6.42 Å². The fourth-order valence-corrected chi connectivity index (χ4v) is 2.25. The molecule has 0 bridgehead atoms. The fraction of sp³-hybridized carbons (Fsp3) is 0.538. The van der Waals surface area contributed by atoms with Crippen LogP contribution in [0.1, 0.15) is 26.2 Å². The van der Waals surface area contributed by atoms with Gasteiger partial charge < -0.3 is 15.0 Å². The highest BCUT2D eigenvalue weighted by molar-refractivity contribution is 5.65. The molecule has 1 aliphatic rings. The van der Waals surface area contributed by atoms with Crippen LogP contribution in [-0.4, -0.2) is 27.5 Å². The molecule has 5 nitrogen and oxygen atoms in total. The van der Waals surface area contributed by atoms with Crippen LogP contribution in [0, 0.1) is 5.92 Å². The van der Waals surface area contributed by atoms with Crippen molar-refractivity contribution in [3.05, 3.63) is 18.6 Å². The molecule has 2 heterocycles. The Morgan fingerprint density at radius 3 is 3.00 bits per heavy atom. The lowest BCUT2D eigenvalue weighted by Crippen LogP contribution is -2.21. The van der Waals surface area contributed by atoms with Gasteiger partial charge in [-0.25, -0.2) is 9.97 Å². The minimum absolute atomic E-state index is 0.810. The summed E-state index contributed by atoms with van der Waals surface area (Å²) in [5, 5.41) is 6.69. The number of rotatable bonds is 5. The second-order valence-electron chi connectivity index (χ2n) is 4.84. The van der Waals surface area contributed by atoms with Crippen LogP contribution < -0.4 is 10.6 Å². The Morgan fingerprint density at radius 2 is 2.28 bits per heavy atom. The number of aromatic nitrogens is 3. The molecule has 0 aliphatic heterocycles. The largest absolute Gasteiger partial charge is 0.369 e. The molecule has 0 saturated heterocycles. The molecule has 3 rings (SSSR count). The van der Waals surface area contributed by atoms with E-state index in [0.717, 1.165) is 36.3 Å². The highest BCUT2D eigenvalue weighted by Crippen LogP contribution is 2.27. The number of nitrogens with zero attached hydrogens (tertiary/aromatic N) is 3. The fourth-order valence-electron chi connectivity index (χ4n) is 2.25. The first kappa shape index (κ1) is 11.3. The third kappa shape index (κ3) is 2.12. The average molecular weight is 245 g/mol. The van der Waals surface area contributed by atoms with Gasteiger partial charge in [0.15, 0.2) is 11.5 Å². The summed E-state index contributed by atoms with van der Waals surface area (Å²) < 4.78 is 2.01. The van der Waals surface area contributed by atoms with Crippen LogP contribution >= 0.6 is 0 Å². The number of hydrogen-bond donors (Lipinski definition) is 2. The van der Waals surface area contributed by atoms with Crippen LogP contribution in [0.5, 0.6) is 0 Å². The number of hydrogen-bond acceptors (Lipinski definition) is 4. The Morgan fingerprint density at radius 1 is 1.39 bits per heavy atom. The molecule has 2 N–H and O–H groups in total. The number of nitrogens with one attached hydrogen (secondary N) is 2. The molecule has 18 heavy (non-hydrogen) atoms. The molecule has 2 aromatic rings. The van der Waals surface area contributed by atoms with Gasteiger partial charge in [0, 0.05) is 25.5 Å². The van der Waals surface area contributed by atoms with E-state index in [9.17, 15) is 0 Å². The maximum absolute atomic E-state index is 4.59. The normalized spacial score (nSPS) is 15.6. The lowest BCUT2D eigenvalue weighted by Gasteiger charge is -2.25. The Hall–Kier alpha value is -1.78. The van der Waals surface area contributed by atoms with Gasteiger partial charge >= 0.3 is 0 Å². The average Bonchev–Trinajstić information content (AvgIpc) is 2.75. The first-order valence-electron chi connectivity index (χ1n) is 6.68. The first-order chi connectivity index (χ1) is 8.86. The van der Waals surface area contributed by atoms with E-state index in [2.05, 4.69) is 27.5 Å². The highest BCUT2D eigenvalue weighted by Gasteiger charge is 2.17. The van der Waals surface area contributed by atoms with Gasteiger partial charge in [0.1, 0.15) is 5.82 Å². The zero-order valence-electron chi connectivity index (χ0n) is 10.7. The van der Waals surface area contributed by atoms with E-state index < -0.39 is 0 Å². The maximum Gasteiger partial charge on any atom is 0.180 e. The topological polar surface area (TPSA) is 54.2 Å². The van der Waals surface area contributed by atoms with Crippen molar-refractivity contribution in [3.63, 3.8) is 0 Å². The quantitative estimate of drug-likeness (QED) is 0.849. The van der Waals surface area contributed by atoms with Gasteiger partial charge in [0.2, 0.25) is 0 Å². The predicted molar refractivity (Wildman–Crippen MR) is 73.0 cm³/mol. The van der Waals surface area contributed by atoms with E-state index in [1.54, 1.807) is 6.20 Å². The SMILES string of the molecule is CCNc1cn2ccnc2c(NCC2CCC2)n1. The molecule has 1 aliphatic carbocycles. The molecule has 96 valence electrons. The van der Waals surface area contributed by atoms with E-state index in [-0.39, 0.29) is 0 Å². The van der Waals surface area contributed by atoms with Crippen LogP contribution in [0.2, 0.25) is 0 Å². The Bertz CT molecular complexity index is 529. The van der Waals surface area contributed by atoms with Crippen LogP contribution in [-0.2, 0) is 0 Å². The van der Waals surface area contributed by atoms with Crippen molar-refractivity contribution in [2.75, 3.05) is 23.7 Å². The van der Waals surface area contributed by atoms with E-state index in [1.165, 1.54) is 19.3 Å². The van der Waals surface area contributed by atoms with Crippen molar-refractivity contribution in [2.45, 2.75) is 26.2 Å². The standard InChI is InChI=1S/C13H19N5/c1-2-14-11-9-18-7-6-15-13(18)12(17-11)16-8-10-4-3-5-10/h6-7,9-10,14H,2-5,8H2,1H3,(H,16,17). The van der Waals surface area contributed by atoms with E-state index in [4.69, 9.17) is 0 Å². The highest BCUT2D eigenvalue weighted by atomic mass is 15.1. The summed E-state index contributed by atoms with van der Waals surface area (Å²) in [5.41, 5.74) is 0.899. The summed E-state index contributed by atoms with van der Waals surface area (Å²) >= 11 is 0. The van der Waals surface area contributed by atoms with Gasteiger partial charge in [-0.2, -0.15) is 0 Å². The molecule has 5 heteroatoms. The van der Waals surface area contributed by atoms with Crippen molar-refractivity contribution >= 4 is 17.3 Å². The van der Waals surface area contributed by atoms with Gasteiger partial charge in [0.05, 0.1) is 6.20 Å². The summed E-state index contributed by atoms with van der Waals surface area (Å²) in [4.78, 5) is 8.94. The Kier molecular flexibility index (Phi) is 3.04. The smallest absolute Gasteiger partial charge is 0.180 e. The third-order valence-corrected chi connectivity index (χ3v) is 3.51. The van der Waals surface area contributed by atoms with Gasteiger partial charge in [-0.3, -0.25) is 0 Å². The zero-order chi connectivity index (χ0) is 12.4. The molecule has 0 spiro atoms. The summed E-state index contributed by atoms with van der Waals surface area (Å²) in [5.74, 6) is 2.58. The van der Waals surface area contributed by atoms with Crippen LogP contribution in [0.15, 0.2) is 18.6 Å². The summed E-state index contributed by atoms with van der Waals surface area (Å²) in [6, 6.07) is 0. The summed E-state index contributed by atoms with van der Waals surface area (Å²) in [6.07, 6.45) is 9.78. The molecular formula is C13H19N5. The van der Waals surface area contributed by atoms with Crippen molar-refractivity contribution in [1.82, 2.24) is 14.4 Å². The molecule has 0 atom stereocenters. The maximum atomic E-state index is 4.59. The van der Waals surface area contributed by atoms with Gasteiger partial charge in [0.25, 0.3) is 0 Å². The van der Waals surface area contributed by atoms with Crippen LogP contribution in [0.25, 0.3) is 5.65 Å². The second-order valence-corrected chi connectivity index (χ2v) is 4.84. The second kappa shape index (κ2) is 4.84. The molecule has 0 amide bonds. The Balaban J connectivity index is 1.84. The Labute approximate surface area is 107 Å². The van der Waals surface area contributed by atoms with Crippen molar-refractivity contribution in [1.29, 1.82) is 0 Å². The van der Waals surface area contributed by atoms with Crippen molar-refractivity contribution in [2.24, 2.45) is 5.92 Å². The van der Waals surface area contributed by atoms with Crippen molar-refractivity contribution in [3.8, 4) is 0 Å². The first-order valence-corrected chi connectivity index (χ1v) is 6.68. The molecule has 0 aromatic carbocycles. The van der Waals surface area contributed by atoms with Gasteiger partial charge in [-0.15, -0.1) is 0 Å². The van der Waals surface area contributed by atoms with E-state index in [0.29, 0.717) is 0 Å². The third-order valence-electron chi connectivity index (χ3n) is 3.51. The predicted octanol–water partition coefficient (Wildman–Crippen LogP) is 2.37. The lowest BCUT2D eigenvalue weighted by atomic mass is 9.85. The monoisotopic (exact) mass is 245 g/mol. The minimum atomic E-state index is 0.810. The van der Waals surface area contributed by atoms with E-state index in [1.807, 2.05) is 16.8 Å². The van der Waals surface area contributed by atoms with Crippen LogP contribution in [0.4, 0.5) is 11.6 Å². The number of imidazole rings is 1. The van der Waals surface area contributed by atoms with Gasteiger partial charge in [-0.05, 0) is 25.7 Å². The molecular weight excluding hydrogens is 226 g/mol. The number of fused-ring (bicyclic) bond motifs is 1. The van der Waals surface area contributed by atoms with E-state index >= 15 is 0 Å². The summed E-state index contributed by atoms with van der Waals surface area (Å²) in [6.45, 7) is 3.95. The molecule has 1 fully saturated rings. The van der Waals surface area contributed by atoms with Crippen LogP contribution in [0.3, 0.4) is 0 Å². The molecule has 0 unspecified atom stereocenters.